The Morgan fingerprint density at radius 1 is 1.17 bits per heavy atom. The molecule has 94 valence electrons. The zero-order valence-electron chi connectivity index (χ0n) is 9.96. The monoisotopic (exact) mass is 370 g/mol. The predicted molar refractivity (Wildman–Crippen MR) is 80.7 cm³/mol. The van der Waals surface area contributed by atoms with E-state index in [0.29, 0.717) is 6.42 Å². The summed E-state index contributed by atoms with van der Waals surface area (Å²) in [6.07, 6.45) is 0.643. The van der Waals surface area contributed by atoms with Crippen LogP contribution in [-0.4, -0.2) is 0 Å². The van der Waals surface area contributed by atoms with Gasteiger partial charge in [-0.1, -0.05) is 56.1 Å². The molecule has 0 radical (unpaired) electrons. The van der Waals surface area contributed by atoms with Gasteiger partial charge in [-0.15, -0.1) is 0 Å². The van der Waals surface area contributed by atoms with Crippen molar-refractivity contribution in [1.82, 2.24) is 0 Å². The Kier molecular flexibility index (Phi) is 4.57. The van der Waals surface area contributed by atoms with Crippen molar-refractivity contribution in [2.75, 3.05) is 0 Å². The van der Waals surface area contributed by atoms with Crippen LogP contribution in [-0.2, 0) is 6.42 Å². The molecular formula is C15H13Br2F. The van der Waals surface area contributed by atoms with Crippen LogP contribution >= 0.6 is 31.9 Å². The van der Waals surface area contributed by atoms with Crippen molar-refractivity contribution < 1.29 is 4.39 Å². The van der Waals surface area contributed by atoms with Crippen molar-refractivity contribution in [1.29, 1.82) is 0 Å². The van der Waals surface area contributed by atoms with E-state index in [1.807, 2.05) is 18.2 Å². The number of alkyl halides is 1. The van der Waals surface area contributed by atoms with Gasteiger partial charge in [-0.05, 0) is 48.2 Å². The Labute approximate surface area is 123 Å². The number of hydrogen-bond donors (Lipinski definition) is 0. The largest absolute Gasteiger partial charge is 0.207 e. The number of rotatable bonds is 3. The molecule has 2 rings (SSSR count). The van der Waals surface area contributed by atoms with Gasteiger partial charge in [0, 0.05) is 9.30 Å². The fourth-order valence-electron chi connectivity index (χ4n) is 1.92. The predicted octanol–water partition coefficient (Wildman–Crippen LogP) is 5.58. The van der Waals surface area contributed by atoms with Crippen LogP contribution in [0.2, 0.25) is 0 Å². The van der Waals surface area contributed by atoms with Gasteiger partial charge >= 0.3 is 0 Å². The first kappa shape index (κ1) is 13.8. The molecule has 0 fully saturated rings. The van der Waals surface area contributed by atoms with Gasteiger partial charge in [0.1, 0.15) is 5.82 Å². The summed E-state index contributed by atoms with van der Waals surface area (Å²) in [4.78, 5) is 0.117. The van der Waals surface area contributed by atoms with E-state index in [1.165, 1.54) is 17.2 Å². The molecule has 2 aromatic rings. The van der Waals surface area contributed by atoms with Crippen molar-refractivity contribution in [3.8, 4) is 0 Å². The summed E-state index contributed by atoms with van der Waals surface area (Å²) in [7, 11) is 0. The first-order valence-electron chi connectivity index (χ1n) is 5.71. The molecular weight excluding hydrogens is 359 g/mol. The summed E-state index contributed by atoms with van der Waals surface area (Å²) in [6.45, 7) is 2.07. The van der Waals surface area contributed by atoms with Gasteiger partial charge < -0.3 is 0 Å². The molecule has 0 N–H and O–H groups in total. The lowest BCUT2D eigenvalue weighted by molar-refractivity contribution is 0.608. The Morgan fingerprint density at radius 2 is 1.89 bits per heavy atom. The SMILES string of the molecule is Cc1ccc(Br)cc1C(Br)Cc1ccccc1F. The van der Waals surface area contributed by atoms with Gasteiger partial charge in [0.05, 0.1) is 0 Å². The van der Waals surface area contributed by atoms with Gasteiger partial charge in [0.25, 0.3) is 0 Å². The molecule has 0 spiro atoms. The maximum absolute atomic E-state index is 13.6. The molecule has 0 bridgehead atoms. The number of aryl methyl sites for hydroxylation is 1. The second-order valence-corrected chi connectivity index (χ2v) is 6.28. The van der Waals surface area contributed by atoms with Gasteiger partial charge in [-0.25, -0.2) is 4.39 Å². The van der Waals surface area contributed by atoms with Crippen LogP contribution in [0.4, 0.5) is 4.39 Å². The van der Waals surface area contributed by atoms with Crippen molar-refractivity contribution in [2.45, 2.75) is 18.2 Å². The van der Waals surface area contributed by atoms with Crippen LogP contribution in [0.3, 0.4) is 0 Å². The highest BCUT2D eigenvalue weighted by molar-refractivity contribution is 9.10. The third-order valence-electron chi connectivity index (χ3n) is 2.94. The summed E-state index contributed by atoms with van der Waals surface area (Å²) >= 11 is 7.12. The lowest BCUT2D eigenvalue weighted by atomic mass is 10.0. The quantitative estimate of drug-likeness (QED) is 0.618. The molecule has 3 heteroatoms. The second-order valence-electron chi connectivity index (χ2n) is 4.26. The summed E-state index contributed by atoms with van der Waals surface area (Å²) in [5.41, 5.74) is 3.13. The Balaban J connectivity index is 2.25. The highest BCUT2D eigenvalue weighted by atomic mass is 79.9. The van der Waals surface area contributed by atoms with Gasteiger partial charge in [-0.3, -0.25) is 0 Å². The second kappa shape index (κ2) is 5.98. The van der Waals surface area contributed by atoms with Crippen LogP contribution < -0.4 is 0 Å². The van der Waals surface area contributed by atoms with Crippen LogP contribution in [0, 0.1) is 12.7 Å². The zero-order chi connectivity index (χ0) is 13.1. The maximum Gasteiger partial charge on any atom is 0.126 e. The zero-order valence-corrected chi connectivity index (χ0v) is 13.1. The fraction of sp³-hybridized carbons (Fsp3) is 0.200. The molecule has 0 amide bonds. The third-order valence-corrected chi connectivity index (χ3v) is 4.25. The van der Waals surface area contributed by atoms with E-state index in [0.717, 1.165) is 10.0 Å². The highest BCUT2D eigenvalue weighted by Gasteiger charge is 2.13. The van der Waals surface area contributed by atoms with Crippen LogP contribution in [0.5, 0.6) is 0 Å². The minimum Gasteiger partial charge on any atom is -0.207 e. The Hall–Kier alpha value is -0.670. The molecule has 18 heavy (non-hydrogen) atoms. The molecule has 0 aliphatic rings. The molecule has 0 aliphatic carbocycles. The van der Waals surface area contributed by atoms with E-state index in [9.17, 15) is 4.39 Å². The Morgan fingerprint density at radius 3 is 2.61 bits per heavy atom. The third kappa shape index (κ3) is 3.21. The van der Waals surface area contributed by atoms with Crippen molar-refractivity contribution in [2.24, 2.45) is 0 Å². The van der Waals surface area contributed by atoms with Gasteiger partial charge in [0.2, 0.25) is 0 Å². The molecule has 0 aliphatic heterocycles. The van der Waals surface area contributed by atoms with Crippen molar-refractivity contribution in [3.63, 3.8) is 0 Å². The number of benzene rings is 2. The van der Waals surface area contributed by atoms with E-state index >= 15 is 0 Å². The lowest BCUT2D eigenvalue weighted by Gasteiger charge is -2.14. The smallest absolute Gasteiger partial charge is 0.126 e. The summed E-state index contributed by atoms with van der Waals surface area (Å²) < 4.78 is 14.7. The molecule has 2 aromatic carbocycles. The highest BCUT2D eigenvalue weighted by Crippen LogP contribution is 2.31. The fourth-order valence-corrected chi connectivity index (χ4v) is 3.14. The maximum atomic E-state index is 13.6. The molecule has 0 heterocycles. The van der Waals surface area contributed by atoms with Crippen molar-refractivity contribution >= 4 is 31.9 Å². The lowest BCUT2D eigenvalue weighted by Crippen LogP contribution is -2.00. The summed E-state index contributed by atoms with van der Waals surface area (Å²) in [5, 5.41) is 0. The normalized spacial score (nSPS) is 12.4. The van der Waals surface area contributed by atoms with Gasteiger partial charge in [-0.2, -0.15) is 0 Å². The van der Waals surface area contributed by atoms with E-state index in [2.05, 4.69) is 50.9 Å². The molecule has 0 aromatic heterocycles. The van der Waals surface area contributed by atoms with Crippen LogP contribution in [0.1, 0.15) is 21.5 Å². The van der Waals surface area contributed by atoms with E-state index in [4.69, 9.17) is 0 Å². The minimum absolute atomic E-state index is 0.117. The topological polar surface area (TPSA) is 0 Å². The molecule has 0 saturated carbocycles. The van der Waals surface area contributed by atoms with E-state index in [1.54, 1.807) is 6.07 Å². The van der Waals surface area contributed by atoms with Crippen molar-refractivity contribution in [3.05, 3.63) is 69.4 Å². The average Bonchev–Trinajstić information content (AvgIpc) is 2.35. The number of hydrogen-bond acceptors (Lipinski definition) is 0. The van der Waals surface area contributed by atoms with E-state index < -0.39 is 0 Å². The first-order chi connectivity index (χ1) is 8.58. The van der Waals surface area contributed by atoms with Crippen LogP contribution in [0.25, 0.3) is 0 Å². The first-order valence-corrected chi connectivity index (χ1v) is 7.42. The average molecular weight is 372 g/mol. The summed E-state index contributed by atoms with van der Waals surface area (Å²) in [6, 6.07) is 13.1. The number of halogens is 3. The van der Waals surface area contributed by atoms with E-state index in [-0.39, 0.29) is 10.6 Å². The molecule has 1 unspecified atom stereocenters. The van der Waals surface area contributed by atoms with Crippen LogP contribution in [0.15, 0.2) is 46.9 Å². The minimum atomic E-state index is -0.144. The molecule has 0 nitrogen and oxygen atoms in total. The molecule has 1 atom stereocenters. The van der Waals surface area contributed by atoms with Gasteiger partial charge in [0.15, 0.2) is 0 Å². The standard InChI is InChI=1S/C15H13Br2F/c1-10-6-7-12(16)9-13(10)14(17)8-11-4-2-3-5-15(11)18/h2-7,9,14H,8H2,1H3. The summed E-state index contributed by atoms with van der Waals surface area (Å²) in [5.74, 6) is -0.144. The molecule has 0 saturated heterocycles. The Bertz CT molecular complexity index is 552.